The van der Waals surface area contributed by atoms with Crippen molar-refractivity contribution in [1.29, 1.82) is 0 Å². The summed E-state index contributed by atoms with van der Waals surface area (Å²) < 4.78 is 27.1. The number of sulfonamides is 1. The van der Waals surface area contributed by atoms with Gasteiger partial charge in [0.05, 0.1) is 4.90 Å². The topological polar surface area (TPSA) is 88.2 Å². The van der Waals surface area contributed by atoms with Crippen molar-refractivity contribution < 1.29 is 13.2 Å². The number of carbonyl (C=O) groups is 1. The van der Waals surface area contributed by atoms with Crippen molar-refractivity contribution in [2.75, 3.05) is 10.0 Å². The molecule has 1 heterocycles. The van der Waals surface area contributed by atoms with Gasteiger partial charge in [-0.2, -0.15) is 0 Å². The Morgan fingerprint density at radius 3 is 2.22 bits per heavy atom. The number of carbonyl (C=O) groups excluding carboxylic acids is 1. The van der Waals surface area contributed by atoms with Crippen molar-refractivity contribution in [1.82, 2.24) is 4.98 Å². The minimum absolute atomic E-state index is 0.0957. The van der Waals surface area contributed by atoms with Gasteiger partial charge in [-0.15, -0.1) is 11.3 Å². The predicted molar refractivity (Wildman–Crippen MR) is 108 cm³/mol. The van der Waals surface area contributed by atoms with Crippen LogP contribution in [0.25, 0.3) is 0 Å². The highest BCUT2D eigenvalue weighted by Gasteiger charge is 2.17. The number of hydrogen-bond donors (Lipinski definition) is 2. The van der Waals surface area contributed by atoms with E-state index in [1.165, 1.54) is 29.7 Å². The Balaban J connectivity index is 1.77. The van der Waals surface area contributed by atoms with Crippen LogP contribution in [0.3, 0.4) is 0 Å². The van der Waals surface area contributed by atoms with Crippen LogP contribution in [0.2, 0.25) is 0 Å². The van der Waals surface area contributed by atoms with E-state index in [-0.39, 0.29) is 10.8 Å². The van der Waals surface area contributed by atoms with Gasteiger partial charge in [-0.1, -0.05) is 17.7 Å². The summed E-state index contributed by atoms with van der Waals surface area (Å²) in [6.07, 6.45) is 1.52. The maximum absolute atomic E-state index is 12.6. The lowest BCUT2D eigenvalue weighted by Gasteiger charge is -2.12. The van der Waals surface area contributed by atoms with Gasteiger partial charge in [-0.3, -0.25) is 9.52 Å². The normalized spacial score (nSPS) is 11.2. The number of amides is 1. The smallest absolute Gasteiger partial charge is 0.263 e. The molecule has 8 heteroatoms. The Labute approximate surface area is 162 Å². The molecule has 0 spiro atoms. The molecule has 27 heavy (non-hydrogen) atoms. The van der Waals surface area contributed by atoms with Crippen molar-refractivity contribution in [3.63, 3.8) is 0 Å². The number of thiazole rings is 1. The molecule has 0 radical (unpaired) electrons. The zero-order valence-corrected chi connectivity index (χ0v) is 16.7. The zero-order valence-electron chi connectivity index (χ0n) is 15.1. The van der Waals surface area contributed by atoms with Crippen molar-refractivity contribution in [2.24, 2.45) is 0 Å². The van der Waals surface area contributed by atoms with Crippen LogP contribution in [0.5, 0.6) is 0 Å². The van der Waals surface area contributed by atoms with Gasteiger partial charge in [0.25, 0.3) is 15.9 Å². The number of nitrogens with one attached hydrogen (secondary N) is 2. The molecule has 0 aliphatic rings. The number of hydrogen-bond acceptors (Lipinski definition) is 5. The van der Waals surface area contributed by atoms with E-state index in [4.69, 9.17) is 0 Å². The first-order chi connectivity index (χ1) is 12.8. The molecule has 6 nitrogen and oxygen atoms in total. The van der Waals surface area contributed by atoms with E-state index in [2.05, 4.69) is 15.0 Å². The monoisotopic (exact) mass is 401 g/mol. The highest BCUT2D eigenvalue weighted by molar-refractivity contribution is 7.93. The molecule has 0 aliphatic heterocycles. The maximum Gasteiger partial charge on any atom is 0.263 e. The second-order valence-corrected chi connectivity index (χ2v) is 8.77. The summed E-state index contributed by atoms with van der Waals surface area (Å²) in [7, 11) is -3.71. The molecule has 0 aliphatic carbocycles. The highest BCUT2D eigenvalue weighted by atomic mass is 32.2. The van der Waals surface area contributed by atoms with E-state index in [0.717, 1.165) is 16.7 Å². The summed E-state index contributed by atoms with van der Waals surface area (Å²) >= 11 is 1.20. The first-order valence-electron chi connectivity index (χ1n) is 8.18. The Morgan fingerprint density at radius 1 is 1.04 bits per heavy atom. The molecule has 140 valence electrons. The third-order valence-corrected chi connectivity index (χ3v) is 6.15. The van der Waals surface area contributed by atoms with Crippen molar-refractivity contribution in [3.8, 4) is 0 Å². The highest BCUT2D eigenvalue weighted by Crippen LogP contribution is 2.21. The minimum atomic E-state index is -3.71. The molecule has 0 saturated carbocycles. The summed E-state index contributed by atoms with van der Waals surface area (Å²) in [6, 6.07) is 9.94. The lowest BCUT2D eigenvalue weighted by atomic mass is 9.99. The number of nitrogens with zero attached hydrogens (tertiary/aromatic N) is 1. The van der Waals surface area contributed by atoms with Crippen LogP contribution in [0.4, 0.5) is 10.8 Å². The fourth-order valence-corrected chi connectivity index (χ4v) is 4.69. The van der Waals surface area contributed by atoms with Crippen molar-refractivity contribution in [3.05, 3.63) is 70.2 Å². The average Bonchev–Trinajstić information content (AvgIpc) is 3.06. The van der Waals surface area contributed by atoms with E-state index in [1.54, 1.807) is 17.5 Å². The molecule has 0 saturated heterocycles. The first-order valence-corrected chi connectivity index (χ1v) is 10.5. The van der Waals surface area contributed by atoms with Crippen LogP contribution in [0.15, 0.2) is 52.9 Å². The zero-order chi connectivity index (χ0) is 19.6. The number of aromatic nitrogens is 1. The van der Waals surface area contributed by atoms with E-state index in [9.17, 15) is 13.2 Å². The van der Waals surface area contributed by atoms with Gasteiger partial charge in [-0.05, 0) is 56.2 Å². The SMILES string of the molecule is Cc1cc(C)c(C(=O)Nc2ccc(S(=O)(=O)Nc3nccs3)cc2)c(C)c1. The van der Waals surface area contributed by atoms with Crippen LogP contribution >= 0.6 is 11.3 Å². The maximum atomic E-state index is 12.6. The van der Waals surface area contributed by atoms with Crippen molar-refractivity contribution >= 4 is 38.1 Å². The molecule has 0 fully saturated rings. The molecule has 1 aromatic heterocycles. The largest absolute Gasteiger partial charge is 0.322 e. The van der Waals surface area contributed by atoms with E-state index >= 15 is 0 Å². The molecular formula is C19H19N3O3S2. The Kier molecular flexibility index (Phi) is 5.29. The van der Waals surface area contributed by atoms with Gasteiger partial charge in [0, 0.05) is 22.8 Å². The fourth-order valence-electron chi connectivity index (χ4n) is 2.90. The Morgan fingerprint density at radius 2 is 1.67 bits per heavy atom. The van der Waals surface area contributed by atoms with Gasteiger partial charge in [0.2, 0.25) is 0 Å². The summed E-state index contributed by atoms with van der Waals surface area (Å²) in [4.78, 5) is 16.6. The summed E-state index contributed by atoms with van der Waals surface area (Å²) in [5.41, 5.74) is 4.05. The first kappa shape index (κ1) is 19.1. The van der Waals surface area contributed by atoms with Crippen LogP contribution < -0.4 is 10.0 Å². The van der Waals surface area contributed by atoms with E-state index in [1.807, 2.05) is 32.9 Å². The predicted octanol–water partition coefficient (Wildman–Crippen LogP) is 4.12. The van der Waals surface area contributed by atoms with Crippen LogP contribution in [-0.2, 0) is 10.0 Å². The standard InChI is InChI=1S/C19H19N3O3S2/c1-12-10-13(2)17(14(3)11-12)18(23)21-15-4-6-16(7-5-15)27(24,25)22-19-20-8-9-26-19/h4-11H,1-3H3,(H,20,22)(H,21,23). The van der Waals surface area contributed by atoms with Gasteiger partial charge < -0.3 is 5.32 Å². The molecule has 0 bridgehead atoms. The summed E-state index contributed by atoms with van der Waals surface area (Å²) in [5, 5.41) is 4.81. The molecule has 2 N–H and O–H groups in total. The molecule has 3 rings (SSSR count). The van der Waals surface area contributed by atoms with E-state index in [0.29, 0.717) is 16.4 Å². The second-order valence-electron chi connectivity index (χ2n) is 6.19. The molecular weight excluding hydrogens is 382 g/mol. The van der Waals surface area contributed by atoms with Crippen LogP contribution in [0.1, 0.15) is 27.0 Å². The molecule has 1 amide bonds. The molecule has 0 atom stereocenters. The average molecular weight is 402 g/mol. The third kappa shape index (κ3) is 4.35. The third-order valence-electron chi connectivity index (χ3n) is 3.98. The van der Waals surface area contributed by atoms with Gasteiger partial charge >= 0.3 is 0 Å². The summed E-state index contributed by atoms with van der Waals surface area (Å²) in [5.74, 6) is -0.221. The lowest BCUT2D eigenvalue weighted by molar-refractivity contribution is 0.102. The number of benzene rings is 2. The van der Waals surface area contributed by atoms with Gasteiger partial charge in [-0.25, -0.2) is 13.4 Å². The molecule has 2 aromatic carbocycles. The van der Waals surface area contributed by atoms with Crippen LogP contribution in [-0.4, -0.2) is 19.3 Å². The summed E-state index contributed by atoms with van der Waals surface area (Å²) in [6.45, 7) is 5.78. The van der Waals surface area contributed by atoms with Gasteiger partial charge in [0.15, 0.2) is 5.13 Å². The quantitative estimate of drug-likeness (QED) is 0.673. The van der Waals surface area contributed by atoms with Crippen LogP contribution in [0, 0.1) is 20.8 Å². The van der Waals surface area contributed by atoms with Crippen molar-refractivity contribution in [2.45, 2.75) is 25.7 Å². The second kappa shape index (κ2) is 7.50. The Bertz CT molecular complexity index is 1050. The number of aryl methyl sites for hydroxylation is 3. The fraction of sp³-hybridized carbons (Fsp3) is 0.158. The Hall–Kier alpha value is -2.71. The van der Waals surface area contributed by atoms with E-state index < -0.39 is 10.0 Å². The van der Waals surface area contributed by atoms with Gasteiger partial charge in [0.1, 0.15) is 0 Å². The number of anilines is 2. The molecule has 3 aromatic rings. The molecule has 0 unspecified atom stereocenters. The minimum Gasteiger partial charge on any atom is -0.322 e. The number of rotatable bonds is 5. The lowest BCUT2D eigenvalue weighted by Crippen LogP contribution is -2.16.